The number of carbonyl (C=O) groups excluding carboxylic acids is 1. The third kappa shape index (κ3) is 3.66. The molecule has 0 saturated heterocycles. The van der Waals surface area contributed by atoms with Crippen molar-refractivity contribution in [3.05, 3.63) is 99.4 Å². The van der Waals surface area contributed by atoms with E-state index in [1.54, 1.807) is 42.5 Å². The summed E-state index contributed by atoms with van der Waals surface area (Å²) < 4.78 is 13.9. The summed E-state index contributed by atoms with van der Waals surface area (Å²) in [4.78, 5) is 12.9. The van der Waals surface area contributed by atoms with Crippen LogP contribution in [-0.2, 0) is 13.2 Å². The number of aromatic nitrogens is 1. The lowest BCUT2D eigenvalue weighted by Crippen LogP contribution is -1.98. The van der Waals surface area contributed by atoms with Gasteiger partial charge in [0.2, 0.25) is 5.78 Å². The first-order valence-corrected chi connectivity index (χ1v) is 11.0. The van der Waals surface area contributed by atoms with Gasteiger partial charge in [-0.3, -0.25) is 4.79 Å². The molecule has 0 N–H and O–H groups in total. The number of ketones is 1. The second kappa shape index (κ2) is 8.38. The molecular formula is C26H19Cl2NO3. The zero-order valence-corrected chi connectivity index (χ0v) is 18.8. The molecule has 0 amide bonds. The minimum absolute atomic E-state index is 0.144. The summed E-state index contributed by atoms with van der Waals surface area (Å²) in [5, 5.41) is 2.16. The number of hydrogen-bond donors (Lipinski definition) is 0. The van der Waals surface area contributed by atoms with Crippen LogP contribution < -0.4 is 9.47 Å². The molecule has 0 atom stereocenters. The van der Waals surface area contributed by atoms with Crippen LogP contribution in [0.15, 0.2) is 72.6 Å². The van der Waals surface area contributed by atoms with Crippen LogP contribution in [0.2, 0.25) is 10.0 Å². The van der Waals surface area contributed by atoms with Crippen molar-refractivity contribution in [1.29, 1.82) is 0 Å². The Morgan fingerprint density at radius 1 is 1.03 bits per heavy atom. The largest absolute Gasteiger partial charge is 0.489 e. The van der Waals surface area contributed by atoms with Gasteiger partial charge in [0.05, 0.1) is 5.56 Å². The molecule has 32 heavy (non-hydrogen) atoms. The van der Waals surface area contributed by atoms with Crippen LogP contribution in [0.1, 0.15) is 28.4 Å². The summed E-state index contributed by atoms with van der Waals surface area (Å²) in [5.74, 6) is 1.19. The molecule has 4 nitrogen and oxygen atoms in total. The van der Waals surface area contributed by atoms with Gasteiger partial charge in [-0.25, -0.2) is 0 Å². The molecule has 0 spiro atoms. The summed E-state index contributed by atoms with van der Waals surface area (Å²) >= 11 is 12.4. The Balaban J connectivity index is 1.41. The Morgan fingerprint density at radius 3 is 2.59 bits per heavy atom. The van der Waals surface area contributed by atoms with E-state index in [4.69, 9.17) is 32.7 Å². The number of rotatable bonds is 5. The van der Waals surface area contributed by atoms with Crippen LogP contribution in [0, 0.1) is 0 Å². The average Bonchev–Trinajstić information content (AvgIpc) is 3.31. The summed E-state index contributed by atoms with van der Waals surface area (Å²) in [5.41, 5.74) is 3.29. The lowest BCUT2D eigenvalue weighted by Gasteiger charge is -2.10. The highest BCUT2D eigenvalue weighted by molar-refractivity contribution is 6.35. The first kappa shape index (κ1) is 20.7. The Morgan fingerprint density at radius 2 is 1.81 bits per heavy atom. The number of Topliss-reactive ketones (excluding diaryl/α,β-unsaturated/α-hetero) is 1. The van der Waals surface area contributed by atoms with E-state index in [2.05, 4.69) is 17.6 Å². The molecule has 3 aromatic carbocycles. The van der Waals surface area contributed by atoms with Gasteiger partial charge >= 0.3 is 0 Å². The van der Waals surface area contributed by atoms with E-state index < -0.39 is 0 Å². The zero-order valence-electron chi connectivity index (χ0n) is 17.3. The standard InChI is InChI=1S/C26H19Cl2NO3/c1-2-29-14-16(18-6-3-4-9-23(18)29)12-25-26(30)19-11-10-17(13-24(19)32-25)31-15-20-21(27)7-5-8-22(20)28/h3-14H,2,15H2,1H3/b25-12+. The van der Waals surface area contributed by atoms with Crippen molar-refractivity contribution < 1.29 is 14.3 Å². The fourth-order valence-corrected chi connectivity index (χ4v) is 4.38. The van der Waals surface area contributed by atoms with Crippen molar-refractivity contribution >= 4 is 46.0 Å². The van der Waals surface area contributed by atoms with Gasteiger partial charge < -0.3 is 14.0 Å². The molecule has 4 aromatic rings. The van der Waals surface area contributed by atoms with Crippen LogP contribution >= 0.6 is 23.2 Å². The van der Waals surface area contributed by atoms with Gasteiger partial charge in [-0.2, -0.15) is 0 Å². The zero-order chi connectivity index (χ0) is 22.2. The molecule has 0 unspecified atom stereocenters. The Bertz CT molecular complexity index is 1370. The maximum atomic E-state index is 12.9. The maximum absolute atomic E-state index is 12.9. The molecule has 160 valence electrons. The molecule has 2 heterocycles. The lowest BCUT2D eigenvalue weighted by molar-refractivity contribution is 0.101. The summed E-state index contributed by atoms with van der Waals surface area (Å²) in [7, 11) is 0. The van der Waals surface area contributed by atoms with Crippen LogP contribution in [0.25, 0.3) is 17.0 Å². The highest BCUT2D eigenvalue weighted by Crippen LogP contribution is 2.36. The van der Waals surface area contributed by atoms with E-state index in [-0.39, 0.29) is 12.4 Å². The lowest BCUT2D eigenvalue weighted by atomic mass is 10.1. The number of benzene rings is 3. The Hall–Kier alpha value is -3.21. The third-order valence-corrected chi connectivity index (χ3v) is 6.24. The first-order chi connectivity index (χ1) is 15.5. The van der Waals surface area contributed by atoms with Crippen molar-refractivity contribution in [2.45, 2.75) is 20.1 Å². The predicted octanol–water partition coefficient (Wildman–Crippen LogP) is 7.16. The van der Waals surface area contributed by atoms with Gasteiger partial charge in [0.1, 0.15) is 18.1 Å². The molecule has 0 aliphatic carbocycles. The number of aryl methyl sites for hydroxylation is 1. The molecule has 1 aliphatic heterocycles. The number of allylic oxidation sites excluding steroid dienone is 1. The van der Waals surface area contributed by atoms with E-state index in [0.29, 0.717) is 38.4 Å². The molecule has 5 rings (SSSR count). The highest BCUT2D eigenvalue weighted by atomic mass is 35.5. The van der Waals surface area contributed by atoms with E-state index in [0.717, 1.165) is 23.0 Å². The van der Waals surface area contributed by atoms with E-state index >= 15 is 0 Å². The van der Waals surface area contributed by atoms with Crippen molar-refractivity contribution in [3.63, 3.8) is 0 Å². The van der Waals surface area contributed by atoms with Crippen LogP contribution in [0.4, 0.5) is 0 Å². The topological polar surface area (TPSA) is 40.5 Å². The molecular weight excluding hydrogens is 445 g/mol. The number of ether oxygens (including phenoxy) is 2. The SMILES string of the molecule is CCn1cc(/C=C2/Oc3cc(OCc4c(Cl)cccc4Cl)ccc3C2=O)c2ccccc21. The van der Waals surface area contributed by atoms with Crippen molar-refractivity contribution in [2.75, 3.05) is 0 Å². The van der Waals surface area contributed by atoms with Gasteiger partial charge in [0.15, 0.2) is 5.76 Å². The number of halogens is 2. The second-order valence-corrected chi connectivity index (χ2v) is 8.29. The van der Waals surface area contributed by atoms with Crippen molar-refractivity contribution in [3.8, 4) is 11.5 Å². The summed E-state index contributed by atoms with van der Waals surface area (Å²) in [6, 6.07) is 18.6. The van der Waals surface area contributed by atoms with Gasteiger partial charge in [0, 0.05) is 50.9 Å². The summed E-state index contributed by atoms with van der Waals surface area (Å²) in [6.45, 7) is 3.15. The van der Waals surface area contributed by atoms with E-state index in [9.17, 15) is 4.79 Å². The van der Waals surface area contributed by atoms with Crippen LogP contribution in [0.5, 0.6) is 11.5 Å². The number of nitrogens with zero attached hydrogens (tertiary/aromatic N) is 1. The molecule has 0 bridgehead atoms. The molecule has 6 heteroatoms. The van der Waals surface area contributed by atoms with E-state index in [1.165, 1.54) is 0 Å². The van der Waals surface area contributed by atoms with Crippen LogP contribution in [-0.4, -0.2) is 10.4 Å². The van der Waals surface area contributed by atoms with Crippen LogP contribution in [0.3, 0.4) is 0 Å². The van der Waals surface area contributed by atoms with Crippen molar-refractivity contribution in [2.24, 2.45) is 0 Å². The molecule has 0 fully saturated rings. The van der Waals surface area contributed by atoms with Crippen molar-refractivity contribution in [1.82, 2.24) is 4.57 Å². The van der Waals surface area contributed by atoms with Gasteiger partial charge in [-0.05, 0) is 43.3 Å². The first-order valence-electron chi connectivity index (χ1n) is 10.3. The quantitative estimate of drug-likeness (QED) is 0.294. The van der Waals surface area contributed by atoms with Gasteiger partial charge in [-0.1, -0.05) is 47.5 Å². The third-order valence-electron chi connectivity index (χ3n) is 5.53. The molecule has 1 aromatic heterocycles. The van der Waals surface area contributed by atoms with Gasteiger partial charge in [0.25, 0.3) is 0 Å². The number of carbonyl (C=O) groups is 1. The highest BCUT2D eigenvalue weighted by Gasteiger charge is 2.28. The number of fused-ring (bicyclic) bond motifs is 2. The fourth-order valence-electron chi connectivity index (χ4n) is 3.88. The minimum Gasteiger partial charge on any atom is -0.489 e. The maximum Gasteiger partial charge on any atom is 0.231 e. The Labute approximate surface area is 195 Å². The number of para-hydroxylation sites is 1. The average molecular weight is 464 g/mol. The Kier molecular flexibility index (Phi) is 5.41. The fraction of sp³-hybridized carbons (Fsp3) is 0.115. The summed E-state index contributed by atoms with van der Waals surface area (Å²) in [6.07, 6.45) is 3.85. The molecule has 1 aliphatic rings. The smallest absolute Gasteiger partial charge is 0.231 e. The molecule has 0 radical (unpaired) electrons. The molecule has 0 saturated carbocycles. The van der Waals surface area contributed by atoms with E-state index in [1.807, 2.05) is 24.4 Å². The monoisotopic (exact) mass is 463 g/mol. The second-order valence-electron chi connectivity index (χ2n) is 7.47. The minimum atomic E-state index is -0.144. The van der Waals surface area contributed by atoms with Gasteiger partial charge in [-0.15, -0.1) is 0 Å². The predicted molar refractivity (Wildman–Crippen MR) is 128 cm³/mol. The normalized spacial score (nSPS) is 14.1. The number of hydrogen-bond acceptors (Lipinski definition) is 3.